The van der Waals surface area contributed by atoms with Crippen molar-refractivity contribution < 1.29 is 9.47 Å². The van der Waals surface area contributed by atoms with Gasteiger partial charge in [-0.05, 0) is 140 Å². The highest BCUT2D eigenvalue weighted by molar-refractivity contribution is 8.76. The predicted molar refractivity (Wildman–Crippen MR) is 304 cm³/mol. The van der Waals surface area contributed by atoms with E-state index in [0.717, 1.165) is 62.3 Å². The molecule has 2 heterocycles. The van der Waals surface area contributed by atoms with Crippen LogP contribution in [0.25, 0.3) is 20.9 Å². The topological polar surface area (TPSA) is 52.6 Å². The van der Waals surface area contributed by atoms with Gasteiger partial charge in [0.2, 0.25) is 0 Å². The van der Waals surface area contributed by atoms with E-state index in [-0.39, 0.29) is 8.11 Å². The van der Waals surface area contributed by atoms with E-state index in [1.54, 1.807) is 11.8 Å². The third-order valence-electron chi connectivity index (χ3n) is 11.5. The largest absolute Gasteiger partial charge is 0.493 e. The van der Waals surface area contributed by atoms with Gasteiger partial charge in [-0.3, -0.25) is 9.59 Å². The van der Waals surface area contributed by atoms with Crippen molar-refractivity contribution in [3.05, 3.63) is 160 Å². The van der Waals surface area contributed by atoms with E-state index in [2.05, 4.69) is 173 Å². The first kappa shape index (κ1) is 55.4. The van der Waals surface area contributed by atoms with E-state index >= 15 is 0 Å². The highest BCUT2D eigenvalue weighted by atomic mass is 33.1. The summed E-state index contributed by atoms with van der Waals surface area (Å²) in [4.78, 5) is 29.9. The van der Waals surface area contributed by atoms with Crippen molar-refractivity contribution in [3.8, 4) is 32.4 Å². The van der Waals surface area contributed by atoms with Gasteiger partial charge < -0.3 is 9.47 Å². The second kappa shape index (κ2) is 28.3. The van der Waals surface area contributed by atoms with Crippen molar-refractivity contribution in [2.45, 2.75) is 133 Å². The van der Waals surface area contributed by atoms with Crippen LogP contribution in [0.1, 0.15) is 121 Å². The van der Waals surface area contributed by atoms with Gasteiger partial charge in [0.15, 0.2) is 0 Å². The Morgan fingerprint density at radius 2 is 0.985 bits per heavy atom. The van der Waals surface area contributed by atoms with Crippen molar-refractivity contribution in [1.29, 1.82) is 0 Å². The summed E-state index contributed by atoms with van der Waals surface area (Å²) in [6, 6.07) is 38.2. The Hall–Kier alpha value is -3.55. The number of benzene rings is 5. The molecule has 4 nitrogen and oxygen atoms in total. The summed E-state index contributed by atoms with van der Waals surface area (Å²) in [5.74, 6) is 3.97. The van der Waals surface area contributed by atoms with Crippen LogP contribution in [0.4, 0.5) is 0 Å². The lowest BCUT2D eigenvalue weighted by atomic mass is 9.96. The predicted octanol–water partition coefficient (Wildman–Crippen LogP) is 19.1. The van der Waals surface area contributed by atoms with Crippen LogP contribution in [-0.2, 0) is 0 Å². The van der Waals surface area contributed by atoms with Gasteiger partial charge in [-0.25, -0.2) is 0 Å². The molecule has 68 heavy (non-hydrogen) atoms. The van der Waals surface area contributed by atoms with Gasteiger partial charge in [0.1, 0.15) is 11.5 Å². The maximum atomic E-state index is 12.4. The fraction of sp³-hybridized carbons (Fsp3) is 0.368. The molecule has 7 rings (SSSR count). The lowest BCUT2D eigenvalue weighted by Gasteiger charge is -2.16. The minimum absolute atomic E-state index is 0.128. The molecule has 362 valence electrons. The first-order valence-corrected chi connectivity index (χ1v) is 29.9. The molecule has 0 aliphatic carbocycles. The normalized spacial score (nSPS) is 12.0. The maximum absolute atomic E-state index is 12.4. The lowest BCUT2D eigenvalue weighted by Crippen LogP contribution is -2.03. The van der Waals surface area contributed by atoms with Gasteiger partial charge in [-0.1, -0.05) is 201 Å². The summed E-state index contributed by atoms with van der Waals surface area (Å²) in [5, 5.41) is 1.94. The lowest BCUT2D eigenvalue weighted by molar-refractivity contribution is 0.290. The molecule has 0 spiro atoms. The van der Waals surface area contributed by atoms with E-state index in [1.165, 1.54) is 87.9 Å². The molecule has 0 aliphatic rings. The molecule has 0 N–H and O–H groups in total. The summed E-state index contributed by atoms with van der Waals surface area (Å²) in [6.45, 7) is 25.5. The van der Waals surface area contributed by atoms with Crippen molar-refractivity contribution >= 4 is 78.7 Å². The van der Waals surface area contributed by atoms with Crippen LogP contribution in [0, 0.1) is 32.6 Å². The van der Waals surface area contributed by atoms with Crippen LogP contribution in [0.5, 0.6) is 11.5 Å². The third-order valence-corrected chi connectivity index (χ3v) is 19.8. The molecule has 7 aromatic rings. The molecular formula is C57H68O4S7. The summed E-state index contributed by atoms with van der Waals surface area (Å²) in [5.41, 5.74) is 8.62. The van der Waals surface area contributed by atoms with Crippen molar-refractivity contribution in [2.24, 2.45) is 11.8 Å². The first-order valence-electron chi connectivity index (χ1n) is 23.6. The van der Waals surface area contributed by atoms with Crippen LogP contribution < -0.4 is 17.6 Å². The van der Waals surface area contributed by atoms with E-state index in [1.807, 2.05) is 39.1 Å². The van der Waals surface area contributed by atoms with Crippen LogP contribution in [0.3, 0.4) is 0 Å². The average molecular weight is 1040 g/mol. The Balaban J connectivity index is 0.000000200. The van der Waals surface area contributed by atoms with Gasteiger partial charge in [0, 0.05) is 31.2 Å². The molecule has 0 radical (unpaired) electrons. The standard InChI is InChI=1S/C25H30O2S3.C18H24O2S2.C14H14S2/c1-6-17(4)19-11-12-21(27-14-13-16(2)3)20(15-19)23-24(30-25(26)29-23)28-22-10-8-7-9-18(22)5;1-5-13(4)14-6-7-16(20-9-8-12(2)3)15(10-14)17-11-21-18(19)22-17;1-11-7-3-5-9-13(11)15-16-14-10-6-4-8-12(14)2/h7-12,15-17H,6,13-14H2,1-5H3;6-7,10-13H,5,8-9H2,1-4H3;3-10H,1-2H3. The zero-order chi connectivity index (χ0) is 49.2. The summed E-state index contributed by atoms with van der Waals surface area (Å²) in [6.07, 6.45) is 4.23. The van der Waals surface area contributed by atoms with Gasteiger partial charge in [-0.2, -0.15) is 0 Å². The molecule has 0 fully saturated rings. The summed E-state index contributed by atoms with van der Waals surface area (Å²) < 4.78 is 13.5. The minimum Gasteiger partial charge on any atom is -0.493 e. The molecule has 0 saturated heterocycles. The third kappa shape index (κ3) is 17.1. The van der Waals surface area contributed by atoms with Crippen molar-refractivity contribution in [1.82, 2.24) is 0 Å². The number of hydrogen-bond donors (Lipinski definition) is 0. The first-order chi connectivity index (χ1) is 32.7. The number of rotatable bonds is 19. The SMILES string of the molecule is CCC(C)c1ccc(OCCC(C)C)c(-c2csc(=O)s2)c1.CCC(C)c1ccc(OCCC(C)C)c(-c2sc(=O)sc2Sc2ccccc2C)c1.Cc1ccccc1SSc1ccccc1C. The Morgan fingerprint density at radius 3 is 1.43 bits per heavy atom. The number of aryl methyl sites for hydroxylation is 3. The van der Waals surface area contributed by atoms with E-state index in [0.29, 0.717) is 36.9 Å². The van der Waals surface area contributed by atoms with E-state index in [4.69, 9.17) is 9.47 Å². The second-order valence-corrected chi connectivity index (χ2v) is 25.6. The van der Waals surface area contributed by atoms with Gasteiger partial charge >= 0.3 is 0 Å². The average Bonchev–Trinajstić information content (AvgIpc) is 3.93. The highest BCUT2D eigenvalue weighted by Gasteiger charge is 2.20. The van der Waals surface area contributed by atoms with Gasteiger partial charge in [0.25, 0.3) is 8.11 Å². The van der Waals surface area contributed by atoms with Crippen molar-refractivity contribution in [2.75, 3.05) is 13.2 Å². The Kier molecular flexibility index (Phi) is 23.1. The van der Waals surface area contributed by atoms with Crippen LogP contribution in [0.15, 0.2) is 143 Å². The fourth-order valence-electron chi connectivity index (χ4n) is 6.63. The molecule has 0 saturated carbocycles. The Bertz CT molecular complexity index is 2700. The highest BCUT2D eigenvalue weighted by Crippen LogP contribution is 2.46. The van der Waals surface area contributed by atoms with Gasteiger partial charge in [-0.15, -0.1) is 0 Å². The molecule has 0 bridgehead atoms. The molecule has 2 aromatic heterocycles. The zero-order valence-electron chi connectivity index (χ0n) is 41.5. The monoisotopic (exact) mass is 1040 g/mol. The summed E-state index contributed by atoms with van der Waals surface area (Å²) >= 11 is 6.93. The Morgan fingerprint density at radius 1 is 0.529 bits per heavy atom. The smallest absolute Gasteiger partial charge is 0.289 e. The van der Waals surface area contributed by atoms with E-state index < -0.39 is 0 Å². The molecule has 5 aromatic carbocycles. The molecule has 0 aliphatic heterocycles. The minimum atomic E-state index is 0.128. The zero-order valence-corrected chi connectivity index (χ0v) is 47.2. The number of ether oxygens (including phenoxy) is 2. The van der Waals surface area contributed by atoms with Crippen LogP contribution in [-0.4, -0.2) is 13.2 Å². The second-order valence-electron chi connectivity index (χ2n) is 17.8. The summed E-state index contributed by atoms with van der Waals surface area (Å²) in [7, 11) is 3.66. The fourth-order valence-corrected chi connectivity index (χ4v) is 14.5. The molecule has 0 amide bonds. The maximum Gasteiger partial charge on any atom is 0.289 e. The van der Waals surface area contributed by atoms with E-state index in [9.17, 15) is 9.59 Å². The molecule has 11 heteroatoms. The molecular weight excluding hydrogens is 973 g/mol. The van der Waals surface area contributed by atoms with Crippen molar-refractivity contribution in [3.63, 3.8) is 0 Å². The molecule has 2 unspecified atom stereocenters. The molecule has 2 atom stereocenters. The quantitative estimate of drug-likeness (QED) is 0.0748. The Labute approximate surface area is 434 Å². The van der Waals surface area contributed by atoms with Crippen LogP contribution >= 0.6 is 78.7 Å². The van der Waals surface area contributed by atoms with Gasteiger partial charge in [0.05, 0.1) is 27.2 Å². The number of hydrogen-bond acceptors (Lipinski definition) is 11. The van der Waals surface area contributed by atoms with Crippen LogP contribution in [0.2, 0.25) is 0 Å².